The van der Waals surface area contributed by atoms with Crippen molar-refractivity contribution < 1.29 is 4.74 Å². The van der Waals surface area contributed by atoms with Gasteiger partial charge in [-0.15, -0.1) is 0 Å². The predicted molar refractivity (Wildman–Crippen MR) is 82.8 cm³/mol. The van der Waals surface area contributed by atoms with Crippen molar-refractivity contribution in [3.8, 4) is 0 Å². The first-order valence-electron chi connectivity index (χ1n) is 8.25. The van der Waals surface area contributed by atoms with E-state index in [1.165, 1.54) is 62.9 Å². The monoisotopic (exact) mass is 283 g/mol. The van der Waals surface area contributed by atoms with Crippen molar-refractivity contribution in [3.05, 3.63) is 0 Å². The minimum absolute atomic E-state index is 0.233. The highest BCUT2D eigenvalue weighted by Gasteiger charge is 2.39. The molecule has 0 aromatic heterocycles. The molecule has 0 amide bonds. The van der Waals surface area contributed by atoms with E-state index in [0.29, 0.717) is 12.1 Å². The lowest BCUT2D eigenvalue weighted by Crippen LogP contribution is -2.51. The van der Waals surface area contributed by atoms with Crippen molar-refractivity contribution in [2.24, 2.45) is 5.92 Å². The van der Waals surface area contributed by atoms with E-state index in [1.54, 1.807) is 0 Å². The maximum absolute atomic E-state index is 6.19. The van der Waals surface area contributed by atoms with Gasteiger partial charge in [-0.25, -0.2) is 0 Å². The van der Waals surface area contributed by atoms with Crippen molar-refractivity contribution in [3.63, 3.8) is 0 Å². The summed E-state index contributed by atoms with van der Waals surface area (Å²) in [7, 11) is 0. The first-order chi connectivity index (χ1) is 9.27. The Balaban J connectivity index is 1.52. The molecule has 3 aliphatic rings. The maximum Gasteiger partial charge on any atom is 0.0713 e. The van der Waals surface area contributed by atoms with Gasteiger partial charge in [0.15, 0.2) is 0 Å². The summed E-state index contributed by atoms with van der Waals surface area (Å²) in [5.74, 6) is 3.52. The molecule has 3 rings (SSSR count). The second-order valence-electron chi connectivity index (χ2n) is 6.83. The van der Waals surface area contributed by atoms with Gasteiger partial charge in [0, 0.05) is 18.7 Å². The first-order valence-corrected chi connectivity index (χ1v) is 9.41. The van der Waals surface area contributed by atoms with Crippen LogP contribution in [0.25, 0.3) is 0 Å². The number of ether oxygens (including phenoxy) is 1. The molecule has 0 aromatic rings. The van der Waals surface area contributed by atoms with E-state index in [0.717, 1.165) is 12.5 Å². The molecule has 2 nitrogen and oxygen atoms in total. The van der Waals surface area contributed by atoms with Crippen LogP contribution in [0.3, 0.4) is 0 Å². The van der Waals surface area contributed by atoms with Crippen molar-refractivity contribution in [1.82, 2.24) is 5.32 Å². The van der Waals surface area contributed by atoms with Gasteiger partial charge in [0.1, 0.15) is 0 Å². The number of hydrogen-bond donors (Lipinski definition) is 1. The fourth-order valence-electron chi connectivity index (χ4n) is 4.23. The van der Waals surface area contributed by atoms with Crippen LogP contribution in [0, 0.1) is 5.92 Å². The van der Waals surface area contributed by atoms with Crippen LogP contribution in [-0.2, 0) is 4.74 Å². The molecule has 3 fully saturated rings. The van der Waals surface area contributed by atoms with Crippen LogP contribution in [0.1, 0.15) is 58.3 Å². The standard InChI is InChI=1S/C16H29NOS/c1-13(14-4-2-3-5-14)17-15-6-9-18-16(12-15)7-10-19-11-8-16/h13-15,17H,2-12H2,1H3. The summed E-state index contributed by atoms with van der Waals surface area (Å²) in [6, 6.07) is 1.41. The third-order valence-electron chi connectivity index (χ3n) is 5.50. The van der Waals surface area contributed by atoms with Crippen LogP contribution in [0.2, 0.25) is 0 Å². The van der Waals surface area contributed by atoms with Gasteiger partial charge in [0.2, 0.25) is 0 Å². The Hall–Kier alpha value is 0.270. The zero-order valence-electron chi connectivity index (χ0n) is 12.3. The predicted octanol–water partition coefficient (Wildman–Crippen LogP) is 3.60. The third-order valence-corrected chi connectivity index (χ3v) is 6.49. The molecule has 0 aromatic carbocycles. The Bertz CT molecular complexity index is 279. The molecule has 0 radical (unpaired) electrons. The van der Waals surface area contributed by atoms with Crippen molar-refractivity contribution in [2.45, 2.75) is 76.0 Å². The van der Waals surface area contributed by atoms with E-state index < -0.39 is 0 Å². The number of nitrogens with one attached hydrogen (secondary N) is 1. The molecule has 110 valence electrons. The fourth-order valence-corrected chi connectivity index (χ4v) is 5.46. The van der Waals surface area contributed by atoms with Crippen LogP contribution >= 0.6 is 11.8 Å². The van der Waals surface area contributed by atoms with Crippen molar-refractivity contribution >= 4 is 11.8 Å². The molecule has 1 saturated carbocycles. The van der Waals surface area contributed by atoms with Crippen LogP contribution in [0.15, 0.2) is 0 Å². The Morgan fingerprint density at radius 1 is 1.16 bits per heavy atom. The van der Waals surface area contributed by atoms with Gasteiger partial charge in [0.05, 0.1) is 5.60 Å². The summed E-state index contributed by atoms with van der Waals surface area (Å²) in [5.41, 5.74) is 0.233. The van der Waals surface area contributed by atoms with Gasteiger partial charge in [-0.2, -0.15) is 11.8 Å². The summed E-state index contributed by atoms with van der Waals surface area (Å²) in [6.07, 6.45) is 10.8. The highest BCUT2D eigenvalue weighted by Crippen LogP contribution is 2.38. The first kappa shape index (κ1) is 14.2. The highest BCUT2D eigenvalue weighted by molar-refractivity contribution is 7.99. The maximum atomic E-state index is 6.19. The molecule has 1 N–H and O–H groups in total. The summed E-state index contributed by atoms with van der Waals surface area (Å²) >= 11 is 2.10. The zero-order chi connectivity index (χ0) is 13.1. The summed E-state index contributed by atoms with van der Waals surface area (Å²) in [4.78, 5) is 0. The Labute approximate surface area is 122 Å². The van der Waals surface area contributed by atoms with Crippen LogP contribution in [0.4, 0.5) is 0 Å². The molecule has 2 aliphatic heterocycles. The normalized spacial score (nSPS) is 33.6. The van der Waals surface area contributed by atoms with E-state index in [1.807, 2.05) is 0 Å². The highest BCUT2D eigenvalue weighted by atomic mass is 32.2. The van der Waals surface area contributed by atoms with Gasteiger partial charge in [0.25, 0.3) is 0 Å². The van der Waals surface area contributed by atoms with Crippen LogP contribution in [-0.4, -0.2) is 35.8 Å². The van der Waals surface area contributed by atoms with Crippen LogP contribution in [0.5, 0.6) is 0 Å². The zero-order valence-corrected chi connectivity index (χ0v) is 13.1. The van der Waals surface area contributed by atoms with Crippen LogP contribution < -0.4 is 5.32 Å². The topological polar surface area (TPSA) is 21.3 Å². The molecule has 1 aliphatic carbocycles. The minimum atomic E-state index is 0.233. The molecular weight excluding hydrogens is 254 g/mol. The van der Waals surface area contributed by atoms with E-state index in [9.17, 15) is 0 Å². The lowest BCUT2D eigenvalue weighted by Gasteiger charge is -2.44. The Morgan fingerprint density at radius 2 is 1.89 bits per heavy atom. The van der Waals surface area contributed by atoms with Gasteiger partial charge in [-0.05, 0) is 62.9 Å². The largest absolute Gasteiger partial charge is 0.375 e. The molecule has 1 spiro atoms. The van der Waals surface area contributed by atoms with E-state index >= 15 is 0 Å². The molecular formula is C16H29NOS. The lowest BCUT2D eigenvalue weighted by atomic mass is 9.84. The Morgan fingerprint density at radius 3 is 2.63 bits per heavy atom. The molecule has 19 heavy (non-hydrogen) atoms. The molecule has 2 saturated heterocycles. The smallest absolute Gasteiger partial charge is 0.0713 e. The second kappa shape index (κ2) is 6.36. The van der Waals surface area contributed by atoms with Crippen molar-refractivity contribution in [2.75, 3.05) is 18.1 Å². The number of thioether (sulfide) groups is 1. The minimum Gasteiger partial charge on any atom is -0.375 e. The summed E-state index contributed by atoms with van der Waals surface area (Å²) in [6.45, 7) is 3.38. The SMILES string of the molecule is CC(NC1CCOC2(CCSCC2)C1)C1CCCC1. The van der Waals surface area contributed by atoms with E-state index in [4.69, 9.17) is 4.74 Å². The average Bonchev–Trinajstić information content (AvgIpc) is 2.93. The van der Waals surface area contributed by atoms with Gasteiger partial charge in [-0.3, -0.25) is 0 Å². The molecule has 2 atom stereocenters. The van der Waals surface area contributed by atoms with Gasteiger partial charge >= 0.3 is 0 Å². The number of hydrogen-bond acceptors (Lipinski definition) is 3. The molecule has 2 unspecified atom stereocenters. The second-order valence-corrected chi connectivity index (χ2v) is 8.06. The van der Waals surface area contributed by atoms with E-state index in [2.05, 4.69) is 24.0 Å². The Kier molecular flexibility index (Phi) is 4.76. The molecule has 0 bridgehead atoms. The van der Waals surface area contributed by atoms with Crippen molar-refractivity contribution in [1.29, 1.82) is 0 Å². The summed E-state index contributed by atoms with van der Waals surface area (Å²) < 4.78 is 6.19. The fraction of sp³-hybridized carbons (Fsp3) is 1.00. The summed E-state index contributed by atoms with van der Waals surface area (Å²) in [5, 5.41) is 3.95. The molecule has 3 heteroatoms. The average molecular weight is 283 g/mol. The van der Waals surface area contributed by atoms with Gasteiger partial charge < -0.3 is 10.1 Å². The number of rotatable bonds is 3. The quantitative estimate of drug-likeness (QED) is 0.855. The lowest BCUT2D eigenvalue weighted by molar-refractivity contribution is -0.0945. The third kappa shape index (κ3) is 3.48. The molecule has 2 heterocycles. The van der Waals surface area contributed by atoms with Gasteiger partial charge in [-0.1, -0.05) is 12.8 Å². The van der Waals surface area contributed by atoms with E-state index in [-0.39, 0.29) is 5.60 Å².